The minimum Gasteiger partial charge on any atom is -0.480 e. The number of aryl methyl sites for hydroxylation is 1. The van der Waals surface area contributed by atoms with Gasteiger partial charge in [0.1, 0.15) is 6.04 Å². The maximum Gasteiger partial charge on any atom is 0.326 e. The van der Waals surface area contributed by atoms with Crippen molar-refractivity contribution in [2.45, 2.75) is 25.3 Å². The zero-order valence-corrected chi connectivity index (χ0v) is 11.1. The molecule has 1 atom stereocenters. The maximum absolute atomic E-state index is 11.5. The van der Waals surface area contributed by atoms with Gasteiger partial charge in [0.15, 0.2) is 0 Å². The molecule has 5 nitrogen and oxygen atoms in total. The van der Waals surface area contributed by atoms with Crippen LogP contribution in [0.5, 0.6) is 0 Å². The summed E-state index contributed by atoms with van der Waals surface area (Å²) in [5.74, 6) is 1.34. The standard InChI is InChI=1S/C15H18N2O3/c1-2-3-11-16-15(20)17-13(14(18)19)10-9-12-7-5-4-6-8-12/h1,4-8,13H,3,9-11H2,(H,18,19)(H2,16,17,20)/t13-/m0/s1. The van der Waals surface area contributed by atoms with Crippen molar-refractivity contribution in [2.24, 2.45) is 0 Å². The van der Waals surface area contributed by atoms with Crippen LogP contribution in [0.1, 0.15) is 18.4 Å². The van der Waals surface area contributed by atoms with Crippen LogP contribution in [0.3, 0.4) is 0 Å². The Hall–Kier alpha value is -2.48. The number of nitrogens with one attached hydrogen (secondary N) is 2. The van der Waals surface area contributed by atoms with Crippen molar-refractivity contribution in [1.29, 1.82) is 0 Å². The second kappa shape index (κ2) is 8.59. The summed E-state index contributed by atoms with van der Waals surface area (Å²) in [6.07, 6.45) is 6.39. The molecule has 3 N–H and O–H groups in total. The Morgan fingerprint density at radius 3 is 2.60 bits per heavy atom. The molecule has 0 radical (unpaired) electrons. The topological polar surface area (TPSA) is 78.4 Å². The van der Waals surface area contributed by atoms with E-state index in [9.17, 15) is 9.59 Å². The number of hydrogen-bond donors (Lipinski definition) is 3. The largest absolute Gasteiger partial charge is 0.480 e. The Bertz CT molecular complexity index is 480. The van der Waals surface area contributed by atoms with Crippen molar-refractivity contribution in [3.05, 3.63) is 35.9 Å². The number of terminal acetylenes is 1. The van der Waals surface area contributed by atoms with E-state index in [1.807, 2.05) is 30.3 Å². The highest BCUT2D eigenvalue weighted by Gasteiger charge is 2.19. The van der Waals surface area contributed by atoms with E-state index in [0.717, 1.165) is 5.56 Å². The number of carboxylic acid groups (broad SMARTS) is 1. The van der Waals surface area contributed by atoms with Crippen LogP contribution in [0.2, 0.25) is 0 Å². The van der Waals surface area contributed by atoms with Gasteiger partial charge in [-0.1, -0.05) is 30.3 Å². The van der Waals surface area contributed by atoms with Crippen LogP contribution in [0.25, 0.3) is 0 Å². The summed E-state index contributed by atoms with van der Waals surface area (Å²) in [6, 6.07) is 8.10. The number of urea groups is 1. The quantitative estimate of drug-likeness (QED) is 0.519. The maximum atomic E-state index is 11.5. The molecule has 0 aliphatic rings. The third kappa shape index (κ3) is 5.91. The Kier molecular flexibility index (Phi) is 6.69. The molecule has 1 rings (SSSR count). The van der Waals surface area contributed by atoms with E-state index >= 15 is 0 Å². The molecule has 0 aliphatic heterocycles. The molecule has 0 fully saturated rings. The molecule has 0 unspecified atom stereocenters. The first kappa shape index (κ1) is 15.6. The van der Waals surface area contributed by atoms with Gasteiger partial charge in [0.2, 0.25) is 0 Å². The van der Waals surface area contributed by atoms with Crippen molar-refractivity contribution in [3.8, 4) is 12.3 Å². The third-order valence-electron chi connectivity index (χ3n) is 2.72. The monoisotopic (exact) mass is 274 g/mol. The summed E-state index contributed by atoms with van der Waals surface area (Å²) in [6.45, 7) is 0.327. The zero-order chi connectivity index (χ0) is 14.8. The fraction of sp³-hybridized carbons (Fsp3) is 0.333. The Morgan fingerprint density at radius 2 is 2.00 bits per heavy atom. The highest BCUT2D eigenvalue weighted by atomic mass is 16.4. The van der Waals surface area contributed by atoms with E-state index in [4.69, 9.17) is 11.5 Å². The minimum absolute atomic E-state index is 0.327. The molecule has 0 saturated heterocycles. The predicted molar refractivity (Wildman–Crippen MR) is 76.2 cm³/mol. The van der Waals surface area contributed by atoms with E-state index in [2.05, 4.69) is 16.6 Å². The molecule has 0 bridgehead atoms. The number of carboxylic acids is 1. The summed E-state index contributed by atoms with van der Waals surface area (Å²) in [5.41, 5.74) is 1.04. The van der Waals surface area contributed by atoms with Crippen LogP contribution in [0.4, 0.5) is 4.79 Å². The molecular weight excluding hydrogens is 256 g/mol. The Labute approximate surface area is 118 Å². The van der Waals surface area contributed by atoms with Crippen LogP contribution in [0, 0.1) is 12.3 Å². The number of rotatable bonds is 7. The highest BCUT2D eigenvalue weighted by molar-refractivity contribution is 5.82. The lowest BCUT2D eigenvalue weighted by molar-refractivity contribution is -0.139. The number of benzene rings is 1. The Morgan fingerprint density at radius 1 is 1.30 bits per heavy atom. The second-order valence-electron chi connectivity index (χ2n) is 4.27. The summed E-state index contributed by atoms with van der Waals surface area (Å²) in [7, 11) is 0. The molecular formula is C15H18N2O3. The third-order valence-corrected chi connectivity index (χ3v) is 2.72. The van der Waals surface area contributed by atoms with Gasteiger partial charge in [-0.05, 0) is 18.4 Å². The lowest BCUT2D eigenvalue weighted by atomic mass is 10.1. The summed E-state index contributed by atoms with van der Waals surface area (Å²) < 4.78 is 0. The molecule has 1 aromatic carbocycles. The van der Waals surface area contributed by atoms with Crippen LogP contribution in [-0.2, 0) is 11.2 Å². The van der Waals surface area contributed by atoms with Gasteiger partial charge in [-0.3, -0.25) is 0 Å². The number of amides is 2. The molecule has 0 saturated carbocycles. The highest BCUT2D eigenvalue weighted by Crippen LogP contribution is 2.05. The van der Waals surface area contributed by atoms with Crippen LogP contribution < -0.4 is 10.6 Å². The van der Waals surface area contributed by atoms with Crippen molar-refractivity contribution in [1.82, 2.24) is 10.6 Å². The average Bonchev–Trinajstić information content (AvgIpc) is 2.44. The van der Waals surface area contributed by atoms with Crippen molar-refractivity contribution >= 4 is 12.0 Å². The lowest BCUT2D eigenvalue weighted by Crippen LogP contribution is -2.46. The zero-order valence-electron chi connectivity index (χ0n) is 11.1. The molecule has 20 heavy (non-hydrogen) atoms. The van der Waals surface area contributed by atoms with Crippen molar-refractivity contribution in [2.75, 3.05) is 6.54 Å². The molecule has 0 aromatic heterocycles. The number of carbonyl (C=O) groups is 2. The molecule has 0 aliphatic carbocycles. The Balaban J connectivity index is 2.43. The predicted octanol–water partition coefficient (Wildman–Crippen LogP) is 1.39. The summed E-state index contributed by atoms with van der Waals surface area (Å²) in [5, 5.41) is 14.0. The van der Waals surface area contributed by atoms with Gasteiger partial charge in [-0.15, -0.1) is 12.3 Å². The van der Waals surface area contributed by atoms with Crippen molar-refractivity contribution in [3.63, 3.8) is 0 Å². The fourth-order valence-electron chi connectivity index (χ4n) is 1.67. The van der Waals surface area contributed by atoms with E-state index in [0.29, 0.717) is 25.8 Å². The lowest BCUT2D eigenvalue weighted by Gasteiger charge is -2.14. The smallest absolute Gasteiger partial charge is 0.326 e. The molecule has 106 valence electrons. The number of aliphatic carboxylic acids is 1. The first-order valence-electron chi connectivity index (χ1n) is 6.38. The van der Waals surface area contributed by atoms with Crippen LogP contribution >= 0.6 is 0 Å². The van der Waals surface area contributed by atoms with E-state index in [1.165, 1.54) is 0 Å². The minimum atomic E-state index is -1.05. The van der Waals surface area contributed by atoms with E-state index in [-0.39, 0.29) is 0 Å². The first-order chi connectivity index (χ1) is 9.63. The fourth-order valence-corrected chi connectivity index (χ4v) is 1.67. The van der Waals surface area contributed by atoms with Crippen LogP contribution in [0.15, 0.2) is 30.3 Å². The van der Waals surface area contributed by atoms with Gasteiger partial charge in [-0.2, -0.15) is 0 Å². The van der Waals surface area contributed by atoms with Gasteiger partial charge in [-0.25, -0.2) is 9.59 Å². The number of hydrogen-bond acceptors (Lipinski definition) is 2. The van der Waals surface area contributed by atoms with Gasteiger partial charge < -0.3 is 15.7 Å². The van der Waals surface area contributed by atoms with Crippen LogP contribution in [-0.4, -0.2) is 29.7 Å². The second-order valence-corrected chi connectivity index (χ2v) is 4.27. The van der Waals surface area contributed by atoms with Gasteiger partial charge in [0.05, 0.1) is 0 Å². The van der Waals surface area contributed by atoms with Gasteiger partial charge in [0, 0.05) is 13.0 Å². The van der Waals surface area contributed by atoms with Gasteiger partial charge in [0.25, 0.3) is 0 Å². The summed E-state index contributed by atoms with van der Waals surface area (Å²) in [4.78, 5) is 22.6. The first-order valence-corrected chi connectivity index (χ1v) is 6.38. The number of carbonyl (C=O) groups excluding carboxylic acids is 1. The normalized spacial score (nSPS) is 11.2. The van der Waals surface area contributed by atoms with E-state index in [1.54, 1.807) is 0 Å². The average molecular weight is 274 g/mol. The molecule has 0 spiro atoms. The SMILES string of the molecule is C#CCCNC(=O)N[C@@H](CCc1ccccc1)C(=O)O. The van der Waals surface area contributed by atoms with Gasteiger partial charge >= 0.3 is 12.0 Å². The molecule has 0 heterocycles. The molecule has 1 aromatic rings. The summed E-state index contributed by atoms with van der Waals surface area (Å²) >= 11 is 0. The molecule has 5 heteroatoms. The molecule has 2 amide bonds. The van der Waals surface area contributed by atoms with E-state index < -0.39 is 18.0 Å². The van der Waals surface area contributed by atoms with Crippen molar-refractivity contribution < 1.29 is 14.7 Å².